The summed E-state index contributed by atoms with van der Waals surface area (Å²) in [6, 6.07) is 17.8. The minimum atomic E-state index is -0.468. The van der Waals surface area contributed by atoms with Crippen LogP contribution in [0.5, 0.6) is 0 Å². The third-order valence-corrected chi connectivity index (χ3v) is 5.41. The Morgan fingerprint density at radius 1 is 1.15 bits per heavy atom. The average molecular weight is 453 g/mol. The summed E-state index contributed by atoms with van der Waals surface area (Å²) in [6.45, 7) is 0.960. The van der Waals surface area contributed by atoms with Gasteiger partial charge in [0.15, 0.2) is 0 Å². The Morgan fingerprint density at radius 2 is 2.00 bits per heavy atom. The predicted octanol–water partition coefficient (Wildman–Crippen LogP) is 2.85. The predicted molar refractivity (Wildman–Crippen MR) is 122 cm³/mol. The normalized spacial score (nSPS) is 15.0. The number of anilines is 1. The molecule has 1 aromatic heterocycles. The molecule has 3 amide bonds. The van der Waals surface area contributed by atoms with Crippen LogP contribution in [0.4, 0.5) is 10.5 Å². The van der Waals surface area contributed by atoms with Crippen molar-refractivity contribution in [3.63, 3.8) is 0 Å². The monoisotopic (exact) mass is 453 g/mol. The third-order valence-electron chi connectivity index (χ3n) is 5.41. The van der Waals surface area contributed by atoms with Crippen molar-refractivity contribution < 1.29 is 14.3 Å². The van der Waals surface area contributed by atoms with Crippen molar-refractivity contribution >= 4 is 23.6 Å². The van der Waals surface area contributed by atoms with Crippen LogP contribution in [0.1, 0.15) is 11.1 Å². The fraction of sp³-hybridized carbons (Fsp3) is 0.125. The SMILES string of the molecule is N#Cc1cccc(CN2CCN3C(C(=O)Nc4ccc(-n5cccn5)cc4)=COC3=NC2=O)c1. The molecule has 168 valence electrons. The Hall–Kier alpha value is -4.91. The molecule has 0 unspecified atom stereocenters. The van der Waals surface area contributed by atoms with E-state index in [9.17, 15) is 9.59 Å². The number of hydrogen-bond acceptors (Lipinski definition) is 6. The molecule has 10 heteroatoms. The maximum Gasteiger partial charge on any atom is 0.348 e. The number of aromatic nitrogens is 2. The van der Waals surface area contributed by atoms with Crippen LogP contribution in [0.25, 0.3) is 5.69 Å². The second-order valence-corrected chi connectivity index (χ2v) is 7.63. The average Bonchev–Trinajstić information content (AvgIpc) is 3.50. The molecule has 3 heterocycles. The van der Waals surface area contributed by atoms with Crippen molar-refractivity contribution in [3.8, 4) is 11.8 Å². The molecule has 2 aliphatic heterocycles. The molecule has 5 rings (SSSR count). The number of fused-ring (bicyclic) bond motifs is 1. The number of nitrogens with one attached hydrogen (secondary N) is 1. The van der Waals surface area contributed by atoms with Crippen molar-refractivity contribution in [2.45, 2.75) is 6.54 Å². The van der Waals surface area contributed by atoms with Crippen LogP contribution in [0.15, 0.2) is 83.9 Å². The molecule has 0 saturated carbocycles. The van der Waals surface area contributed by atoms with Crippen molar-refractivity contribution in [2.24, 2.45) is 4.99 Å². The van der Waals surface area contributed by atoms with E-state index in [0.717, 1.165) is 11.3 Å². The summed E-state index contributed by atoms with van der Waals surface area (Å²) < 4.78 is 7.15. The van der Waals surface area contributed by atoms with Gasteiger partial charge in [0.05, 0.1) is 17.3 Å². The first kappa shape index (κ1) is 21.0. The molecule has 0 bridgehead atoms. The largest absolute Gasteiger partial charge is 0.431 e. The van der Waals surface area contributed by atoms with Gasteiger partial charge in [0, 0.05) is 37.7 Å². The van der Waals surface area contributed by atoms with Gasteiger partial charge in [-0.2, -0.15) is 10.4 Å². The number of nitriles is 1. The lowest BCUT2D eigenvalue weighted by Crippen LogP contribution is -2.36. The molecule has 0 saturated heterocycles. The summed E-state index contributed by atoms with van der Waals surface area (Å²) in [5.41, 5.74) is 3.08. The van der Waals surface area contributed by atoms with Gasteiger partial charge in [-0.15, -0.1) is 4.99 Å². The lowest BCUT2D eigenvalue weighted by Gasteiger charge is -2.21. The van der Waals surface area contributed by atoms with Crippen molar-refractivity contribution in [2.75, 3.05) is 18.4 Å². The van der Waals surface area contributed by atoms with Crippen LogP contribution < -0.4 is 5.32 Å². The Morgan fingerprint density at radius 3 is 2.76 bits per heavy atom. The van der Waals surface area contributed by atoms with Gasteiger partial charge in [-0.3, -0.25) is 9.69 Å². The van der Waals surface area contributed by atoms with Crippen LogP contribution >= 0.6 is 0 Å². The summed E-state index contributed by atoms with van der Waals surface area (Å²) >= 11 is 0. The van der Waals surface area contributed by atoms with E-state index in [1.54, 1.807) is 51.0 Å². The lowest BCUT2D eigenvalue weighted by molar-refractivity contribution is -0.113. The van der Waals surface area contributed by atoms with E-state index >= 15 is 0 Å². The summed E-state index contributed by atoms with van der Waals surface area (Å²) in [6.07, 6.45) is 4.82. The molecule has 2 aromatic carbocycles. The van der Waals surface area contributed by atoms with Gasteiger partial charge in [0.25, 0.3) is 5.91 Å². The highest BCUT2D eigenvalue weighted by Gasteiger charge is 2.33. The van der Waals surface area contributed by atoms with Gasteiger partial charge < -0.3 is 15.0 Å². The number of carbonyl (C=O) groups excluding carboxylic acids is 2. The van der Waals surface area contributed by atoms with Crippen LogP contribution in [0.3, 0.4) is 0 Å². The summed E-state index contributed by atoms with van der Waals surface area (Å²) in [5, 5.41) is 16.1. The number of aliphatic imine (C=N–C) groups is 1. The Labute approximate surface area is 195 Å². The van der Waals surface area contributed by atoms with Crippen molar-refractivity contribution in [3.05, 3.63) is 90.1 Å². The zero-order valence-corrected chi connectivity index (χ0v) is 18.0. The molecular weight excluding hydrogens is 434 g/mol. The van der Waals surface area contributed by atoms with Gasteiger partial charge in [-0.1, -0.05) is 12.1 Å². The Kier molecular flexibility index (Phi) is 5.50. The first-order valence-electron chi connectivity index (χ1n) is 10.5. The maximum atomic E-state index is 12.9. The summed E-state index contributed by atoms with van der Waals surface area (Å²) in [7, 11) is 0. The van der Waals surface area contributed by atoms with E-state index in [4.69, 9.17) is 10.00 Å². The molecule has 0 aliphatic carbocycles. The van der Waals surface area contributed by atoms with Crippen LogP contribution in [0.2, 0.25) is 0 Å². The number of benzene rings is 2. The van der Waals surface area contributed by atoms with E-state index < -0.39 is 6.03 Å². The van der Waals surface area contributed by atoms with E-state index in [1.165, 1.54) is 6.26 Å². The number of rotatable bonds is 5. The van der Waals surface area contributed by atoms with E-state index in [1.807, 2.05) is 30.5 Å². The molecule has 0 atom stereocenters. The number of urea groups is 1. The van der Waals surface area contributed by atoms with Gasteiger partial charge in [-0.25, -0.2) is 9.48 Å². The molecule has 1 N–H and O–H groups in total. The molecule has 2 aliphatic rings. The minimum Gasteiger partial charge on any atom is -0.431 e. The van der Waals surface area contributed by atoms with Crippen molar-refractivity contribution in [1.29, 1.82) is 5.26 Å². The van der Waals surface area contributed by atoms with Gasteiger partial charge >= 0.3 is 12.1 Å². The van der Waals surface area contributed by atoms with Gasteiger partial charge in [0.2, 0.25) is 0 Å². The number of hydrogen-bond donors (Lipinski definition) is 1. The number of carbonyl (C=O) groups is 2. The maximum absolute atomic E-state index is 12.9. The minimum absolute atomic E-state index is 0.0671. The number of nitrogens with zero attached hydrogens (tertiary/aromatic N) is 6. The van der Waals surface area contributed by atoms with E-state index in [0.29, 0.717) is 30.9 Å². The highest BCUT2D eigenvalue weighted by molar-refractivity contribution is 6.08. The molecule has 10 nitrogen and oxygen atoms in total. The molecule has 34 heavy (non-hydrogen) atoms. The summed E-state index contributed by atoms with van der Waals surface area (Å²) in [4.78, 5) is 32.7. The first-order chi connectivity index (χ1) is 16.6. The van der Waals surface area contributed by atoms with E-state index in [-0.39, 0.29) is 17.6 Å². The fourth-order valence-electron chi connectivity index (χ4n) is 3.71. The van der Waals surface area contributed by atoms with E-state index in [2.05, 4.69) is 21.5 Å². The zero-order chi connectivity index (χ0) is 23.5. The highest BCUT2D eigenvalue weighted by Crippen LogP contribution is 2.22. The molecule has 0 radical (unpaired) electrons. The van der Waals surface area contributed by atoms with Crippen LogP contribution in [-0.4, -0.2) is 50.6 Å². The van der Waals surface area contributed by atoms with Crippen molar-refractivity contribution in [1.82, 2.24) is 19.6 Å². The molecule has 0 fully saturated rings. The second kappa shape index (κ2) is 8.91. The standard InChI is InChI=1S/C24H19N7O3/c25-14-17-3-1-4-18(13-17)15-29-11-12-30-21(16-34-24(30)28-23(29)33)22(32)27-19-5-7-20(8-6-19)31-10-2-9-26-31/h1-10,13,16H,11-12,15H2,(H,27,32). The number of amidine groups is 1. The Balaban J connectivity index is 1.25. The fourth-order valence-corrected chi connectivity index (χ4v) is 3.71. The molecule has 0 spiro atoms. The van der Waals surface area contributed by atoms with Gasteiger partial charge in [0.1, 0.15) is 12.0 Å². The topological polar surface area (TPSA) is 116 Å². The lowest BCUT2D eigenvalue weighted by atomic mass is 10.1. The number of amides is 3. The second-order valence-electron chi connectivity index (χ2n) is 7.63. The van der Waals surface area contributed by atoms with Gasteiger partial charge in [-0.05, 0) is 48.0 Å². The molecule has 3 aromatic rings. The third kappa shape index (κ3) is 4.22. The zero-order valence-electron chi connectivity index (χ0n) is 18.0. The van der Waals surface area contributed by atoms with Crippen LogP contribution in [0, 0.1) is 11.3 Å². The summed E-state index contributed by atoms with van der Waals surface area (Å²) in [5.74, 6) is -0.375. The smallest absolute Gasteiger partial charge is 0.348 e. The highest BCUT2D eigenvalue weighted by atomic mass is 16.5. The quantitative estimate of drug-likeness (QED) is 0.635. The molecular formula is C24H19N7O3. The first-order valence-corrected chi connectivity index (χ1v) is 10.5. The number of ether oxygens (including phenoxy) is 1. The Bertz CT molecular complexity index is 1340. The van der Waals surface area contributed by atoms with Crippen LogP contribution in [-0.2, 0) is 16.1 Å².